The molecular formula is C20H24N2O4. The molecule has 1 aromatic carbocycles. The van der Waals surface area contributed by atoms with Gasteiger partial charge >= 0.3 is 5.97 Å². The van der Waals surface area contributed by atoms with Crippen LogP contribution in [0.25, 0.3) is 10.9 Å². The van der Waals surface area contributed by atoms with Crippen molar-refractivity contribution in [3.8, 4) is 5.75 Å². The lowest BCUT2D eigenvalue weighted by Crippen LogP contribution is -2.33. The summed E-state index contributed by atoms with van der Waals surface area (Å²) in [5.74, 6) is 0.209. The van der Waals surface area contributed by atoms with Crippen LogP contribution in [0, 0.1) is 0 Å². The first kappa shape index (κ1) is 16.1. The Morgan fingerprint density at radius 1 is 1.35 bits per heavy atom. The van der Waals surface area contributed by atoms with Gasteiger partial charge < -0.3 is 14.2 Å². The molecule has 0 N–H and O–H groups in total. The van der Waals surface area contributed by atoms with Gasteiger partial charge in [-0.05, 0) is 45.1 Å². The molecule has 1 aliphatic heterocycles. The van der Waals surface area contributed by atoms with Gasteiger partial charge in [0.15, 0.2) is 0 Å². The fraction of sp³-hybridized carbons (Fsp3) is 0.600. The Labute approximate surface area is 152 Å². The highest BCUT2D eigenvalue weighted by molar-refractivity contribution is 5.97. The van der Waals surface area contributed by atoms with Gasteiger partial charge in [-0.3, -0.25) is 4.68 Å². The number of aromatic nitrogens is 2. The first-order valence-electron chi connectivity index (χ1n) is 9.43. The fourth-order valence-electron chi connectivity index (χ4n) is 4.52. The maximum absolute atomic E-state index is 12.2. The van der Waals surface area contributed by atoms with E-state index in [0.717, 1.165) is 43.0 Å². The third-order valence-electron chi connectivity index (χ3n) is 6.35. The van der Waals surface area contributed by atoms with Crippen LogP contribution in [0.15, 0.2) is 18.3 Å². The molecule has 2 bridgehead atoms. The summed E-state index contributed by atoms with van der Waals surface area (Å²) in [5, 5.41) is 5.77. The Bertz CT molecular complexity index is 875. The normalized spacial score (nSPS) is 30.5. The minimum atomic E-state index is -0.371. The van der Waals surface area contributed by atoms with E-state index < -0.39 is 0 Å². The van der Waals surface area contributed by atoms with Crippen molar-refractivity contribution >= 4 is 16.9 Å². The topological polar surface area (TPSA) is 62.6 Å². The average molecular weight is 356 g/mol. The second-order valence-corrected chi connectivity index (χ2v) is 8.28. The van der Waals surface area contributed by atoms with E-state index in [1.807, 2.05) is 18.3 Å². The predicted octanol–water partition coefficient (Wildman–Crippen LogP) is 3.42. The Balaban J connectivity index is 1.56. The summed E-state index contributed by atoms with van der Waals surface area (Å²) < 4.78 is 19.1. The molecule has 0 spiro atoms. The molecule has 0 amide bonds. The number of rotatable bonds is 4. The fourth-order valence-corrected chi connectivity index (χ4v) is 4.52. The number of hydrogen-bond donors (Lipinski definition) is 0. The molecule has 3 aliphatic rings. The SMILES string of the molecule is COC(=O)c1cc2cn(C34CCC(C)(C3)OC4)nc2cc1OC1CCC1. The van der Waals surface area contributed by atoms with Gasteiger partial charge in [-0.15, -0.1) is 0 Å². The largest absolute Gasteiger partial charge is 0.489 e. The molecule has 2 aromatic rings. The van der Waals surface area contributed by atoms with Crippen molar-refractivity contribution in [2.75, 3.05) is 13.7 Å². The molecule has 1 saturated heterocycles. The molecule has 5 rings (SSSR count). The zero-order valence-electron chi connectivity index (χ0n) is 15.3. The molecule has 3 fully saturated rings. The molecule has 26 heavy (non-hydrogen) atoms. The first-order valence-corrected chi connectivity index (χ1v) is 9.43. The van der Waals surface area contributed by atoms with Crippen LogP contribution in [0.2, 0.25) is 0 Å². The summed E-state index contributed by atoms with van der Waals surface area (Å²) in [6.07, 6.45) is 8.60. The maximum Gasteiger partial charge on any atom is 0.341 e. The van der Waals surface area contributed by atoms with Gasteiger partial charge in [-0.25, -0.2) is 4.79 Å². The third-order valence-corrected chi connectivity index (χ3v) is 6.35. The van der Waals surface area contributed by atoms with Crippen molar-refractivity contribution in [3.63, 3.8) is 0 Å². The van der Waals surface area contributed by atoms with E-state index in [4.69, 9.17) is 19.3 Å². The summed E-state index contributed by atoms with van der Waals surface area (Å²) in [6.45, 7) is 2.89. The number of carbonyl (C=O) groups excluding carboxylic acids is 1. The summed E-state index contributed by atoms with van der Waals surface area (Å²) >= 11 is 0. The minimum absolute atomic E-state index is 0.0200. The first-order chi connectivity index (χ1) is 12.5. The minimum Gasteiger partial charge on any atom is -0.489 e. The Morgan fingerprint density at radius 2 is 2.19 bits per heavy atom. The molecule has 2 aliphatic carbocycles. The molecule has 2 heterocycles. The highest BCUT2D eigenvalue weighted by atomic mass is 16.5. The molecule has 138 valence electrons. The molecule has 2 saturated carbocycles. The van der Waals surface area contributed by atoms with Crippen LogP contribution in [0.1, 0.15) is 55.8 Å². The van der Waals surface area contributed by atoms with E-state index in [0.29, 0.717) is 17.9 Å². The zero-order chi connectivity index (χ0) is 17.9. The lowest BCUT2D eigenvalue weighted by molar-refractivity contribution is -0.0149. The molecule has 6 nitrogen and oxygen atoms in total. The van der Waals surface area contributed by atoms with Gasteiger partial charge in [-0.1, -0.05) is 0 Å². The molecule has 1 aromatic heterocycles. The number of carbonyl (C=O) groups is 1. The van der Waals surface area contributed by atoms with E-state index in [-0.39, 0.29) is 23.2 Å². The van der Waals surface area contributed by atoms with Crippen LogP contribution in [0.5, 0.6) is 5.75 Å². The van der Waals surface area contributed by atoms with Gasteiger partial charge in [0, 0.05) is 24.1 Å². The van der Waals surface area contributed by atoms with Gasteiger partial charge in [-0.2, -0.15) is 5.10 Å². The van der Waals surface area contributed by atoms with Crippen LogP contribution in [-0.4, -0.2) is 41.2 Å². The molecule has 0 radical (unpaired) electrons. The van der Waals surface area contributed by atoms with E-state index in [2.05, 4.69) is 11.6 Å². The van der Waals surface area contributed by atoms with Crippen molar-refractivity contribution in [2.24, 2.45) is 0 Å². The second kappa shape index (κ2) is 5.46. The molecule has 2 unspecified atom stereocenters. The zero-order valence-corrected chi connectivity index (χ0v) is 15.3. The van der Waals surface area contributed by atoms with E-state index in [1.54, 1.807) is 0 Å². The maximum atomic E-state index is 12.2. The van der Waals surface area contributed by atoms with Crippen molar-refractivity contribution in [3.05, 3.63) is 23.9 Å². The quantitative estimate of drug-likeness (QED) is 0.786. The monoisotopic (exact) mass is 356 g/mol. The summed E-state index contributed by atoms with van der Waals surface area (Å²) in [6, 6.07) is 3.73. The average Bonchev–Trinajstić information content (AvgIpc) is 3.26. The van der Waals surface area contributed by atoms with Crippen molar-refractivity contribution in [2.45, 2.75) is 62.7 Å². The number of hydrogen-bond acceptors (Lipinski definition) is 5. The summed E-state index contributed by atoms with van der Waals surface area (Å²) in [7, 11) is 1.40. The highest BCUT2D eigenvalue weighted by Crippen LogP contribution is 2.51. The molecular weight excluding hydrogens is 332 g/mol. The van der Waals surface area contributed by atoms with Crippen molar-refractivity contribution in [1.29, 1.82) is 0 Å². The standard InChI is InChI=1S/C20H24N2O4/c1-19-6-7-20(11-19,12-25-19)22-10-13-8-15(18(23)24-2)17(9-16(13)21-22)26-14-4-3-5-14/h8-10,14H,3-7,11-12H2,1-2H3. The molecule has 2 atom stereocenters. The van der Waals surface area contributed by atoms with Crippen LogP contribution in [0.3, 0.4) is 0 Å². The number of fused-ring (bicyclic) bond motifs is 3. The second-order valence-electron chi connectivity index (χ2n) is 8.28. The lowest BCUT2D eigenvalue weighted by Gasteiger charge is -2.27. The van der Waals surface area contributed by atoms with Crippen LogP contribution < -0.4 is 4.74 Å². The number of esters is 1. The summed E-state index contributed by atoms with van der Waals surface area (Å²) in [5.41, 5.74) is 1.24. The number of ether oxygens (including phenoxy) is 3. The van der Waals surface area contributed by atoms with E-state index in [1.165, 1.54) is 13.5 Å². The van der Waals surface area contributed by atoms with E-state index in [9.17, 15) is 4.79 Å². The Morgan fingerprint density at radius 3 is 2.77 bits per heavy atom. The van der Waals surface area contributed by atoms with Gasteiger partial charge in [0.2, 0.25) is 0 Å². The molecule has 6 heteroatoms. The van der Waals surface area contributed by atoms with Crippen LogP contribution in [-0.2, 0) is 15.0 Å². The number of nitrogens with zero attached hydrogens (tertiary/aromatic N) is 2. The third kappa shape index (κ3) is 2.35. The van der Waals surface area contributed by atoms with Gasteiger partial charge in [0.1, 0.15) is 11.3 Å². The van der Waals surface area contributed by atoms with Crippen molar-refractivity contribution in [1.82, 2.24) is 9.78 Å². The Hall–Kier alpha value is -2.08. The highest BCUT2D eigenvalue weighted by Gasteiger charge is 2.54. The van der Waals surface area contributed by atoms with Crippen molar-refractivity contribution < 1.29 is 19.0 Å². The predicted molar refractivity (Wildman–Crippen MR) is 95.5 cm³/mol. The summed E-state index contributed by atoms with van der Waals surface area (Å²) in [4.78, 5) is 12.2. The smallest absolute Gasteiger partial charge is 0.341 e. The Kier molecular flexibility index (Phi) is 3.38. The van der Waals surface area contributed by atoms with Crippen LogP contribution >= 0.6 is 0 Å². The van der Waals surface area contributed by atoms with Gasteiger partial charge in [0.05, 0.1) is 36.5 Å². The number of methoxy groups -OCH3 is 1. The lowest BCUT2D eigenvalue weighted by atomic mass is 9.96. The van der Waals surface area contributed by atoms with Crippen LogP contribution in [0.4, 0.5) is 0 Å². The van der Waals surface area contributed by atoms with E-state index >= 15 is 0 Å². The number of benzene rings is 1. The van der Waals surface area contributed by atoms with Gasteiger partial charge in [0.25, 0.3) is 0 Å².